The molecule has 0 aromatic heterocycles. The van der Waals surface area contributed by atoms with Gasteiger partial charge in [-0.05, 0) is 70.0 Å². The highest BCUT2D eigenvalue weighted by molar-refractivity contribution is 4.90. The van der Waals surface area contributed by atoms with Crippen LogP contribution in [0.2, 0.25) is 0 Å². The quantitative estimate of drug-likeness (QED) is 0.638. The second kappa shape index (κ2) is 7.49. The van der Waals surface area contributed by atoms with E-state index in [9.17, 15) is 0 Å². The summed E-state index contributed by atoms with van der Waals surface area (Å²) in [6.45, 7) is 3.53. The van der Waals surface area contributed by atoms with E-state index in [4.69, 9.17) is 5.73 Å². The molecule has 3 unspecified atom stereocenters. The maximum Gasteiger partial charge on any atom is 0.000936 e. The van der Waals surface area contributed by atoms with Crippen LogP contribution in [0, 0.1) is 17.8 Å². The zero-order valence-corrected chi connectivity index (χ0v) is 12.2. The van der Waals surface area contributed by atoms with Gasteiger partial charge in [-0.3, -0.25) is 0 Å². The van der Waals surface area contributed by atoms with Crippen molar-refractivity contribution in [3.05, 3.63) is 0 Å². The lowest BCUT2D eigenvalue weighted by Gasteiger charge is -2.27. The summed E-state index contributed by atoms with van der Waals surface area (Å²) in [6, 6.07) is 0. The predicted molar refractivity (Wildman–Crippen MR) is 78.6 cm³/mol. The first-order chi connectivity index (χ1) is 8.79. The van der Waals surface area contributed by atoms with Gasteiger partial charge in [-0.15, -0.1) is 0 Å². The summed E-state index contributed by atoms with van der Waals surface area (Å²) < 4.78 is 0. The van der Waals surface area contributed by atoms with Crippen LogP contribution < -0.4 is 5.73 Å². The summed E-state index contributed by atoms with van der Waals surface area (Å²) >= 11 is 0. The lowest BCUT2D eigenvalue weighted by molar-refractivity contribution is 0.217. The van der Waals surface area contributed by atoms with Crippen molar-refractivity contribution in [3.63, 3.8) is 0 Å². The van der Waals surface area contributed by atoms with Crippen molar-refractivity contribution in [2.75, 3.05) is 26.7 Å². The van der Waals surface area contributed by atoms with E-state index in [2.05, 4.69) is 11.9 Å². The minimum absolute atomic E-state index is 0.865. The minimum Gasteiger partial charge on any atom is -0.330 e. The molecule has 2 nitrogen and oxygen atoms in total. The van der Waals surface area contributed by atoms with Crippen molar-refractivity contribution in [1.29, 1.82) is 0 Å². The van der Waals surface area contributed by atoms with Crippen LogP contribution in [0.4, 0.5) is 0 Å². The molecule has 18 heavy (non-hydrogen) atoms. The van der Waals surface area contributed by atoms with Gasteiger partial charge in [0.15, 0.2) is 0 Å². The van der Waals surface area contributed by atoms with E-state index in [-0.39, 0.29) is 0 Å². The van der Waals surface area contributed by atoms with Crippen molar-refractivity contribution < 1.29 is 0 Å². The van der Waals surface area contributed by atoms with Gasteiger partial charge in [-0.2, -0.15) is 0 Å². The number of hydrogen-bond donors (Lipinski definition) is 1. The van der Waals surface area contributed by atoms with Crippen molar-refractivity contribution in [3.8, 4) is 0 Å². The molecule has 2 saturated carbocycles. The summed E-state index contributed by atoms with van der Waals surface area (Å²) in [4.78, 5) is 2.59. The average Bonchev–Trinajstić information content (AvgIpc) is 2.95. The predicted octanol–water partition coefficient (Wildman–Crippen LogP) is 3.26. The zero-order chi connectivity index (χ0) is 12.8. The van der Waals surface area contributed by atoms with Crippen LogP contribution >= 0.6 is 0 Å². The summed E-state index contributed by atoms with van der Waals surface area (Å²) in [5, 5.41) is 0. The van der Waals surface area contributed by atoms with Gasteiger partial charge in [0.25, 0.3) is 0 Å². The van der Waals surface area contributed by atoms with E-state index >= 15 is 0 Å². The normalized spacial score (nSPS) is 30.5. The first-order valence-electron chi connectivity index (χ1n) is 8.18. The molecule has 2 rings (SSSR count). The van der Waals surface area contributed by atoms with E-state index in [1.165, 1.54) is 64.5 Å². The third kappa shape index (κ3) is 4.24. The standard InChI is InChI=1S/C16H32N2/c1-18(10-6-4-2-3-5-9-17)13-16-12-14-7-8-15(16)11-14/h14-16H,2-13,17H2,1H3. The molecular weight excluding hydrogens is 220 g/mol. The van der Waals surface area contributed by atoms with Gasteiger partial charge in [0.05, 0.1) is 0 Å². The maximum absolute atomic E-state index is 5.50. The smallest absolute Gasteiger partial charge is 0.000936 e. The maximum atomic E-state index is 5.50. The van der Waals surface area contributed by atoms with E-state index < -0.39 is 0 Å². The van der Waals surface area contributed by atoms with Crippen LogP contribution in [0.3, 0.4) is 0 Å². The van der Waals surface area contributed by atoms with Gasteiger partial charge in [0.2, 0.25) is 0 Å². The molecule has 0 spiro atoms. The number of unbranched alkanes of at least 4 members (excludes halogenated alkanes) is 4. The Labute approximate surface area is 113 Å². The van der Waals surface area contributed by atoms with Gasteiger partial charge < -0.3 is 10.6 Å². The van der Waals surface area contributed by atoms with Crippen molar-refractivity contribution in [2.24, 2.45) is 23.5 Å². The molecule has 2 fully saturated rings. The molecule has 0 radical (unpaired) electrons. The van der Waals surface area contributed by atoms with E-state index in [1.54, 1.807) is 6.42 Å². The number of rotatable bonds is 9. The Bertz CT molecular complexity index is 229. The highest BCUT2D eigenvalue weighted by atomic mass is 15.1. The topological polar surface area (TPSA) is 29.3 Å². The Morgan fingerprint density at radius 1 is 1.00 bits per heavy atom. The molecule has 2 aliphatic rings. The third-order valence-corrected chi connectivity index (χ3v) is 5.17. The Balaban J connectivity index is 1.49. The fourth-order valence-electron chi connectivity index (χ4n) is 4.15. The highest BCUT2D eigenvalue weighted by Gasteiger charge is 2.39. The largest absolute Gasteiger partial charge is 0.330 e. The summed E-state index contributed by atoms with van der Waals surface area (Å²) in [6.07, 6.45) is 12.8. The number of nitrogens with zero attached hydrogens (tertiary/aromatic N) is 1. The van der Waals surface area contributed by atoms with E-state index in [1.807, 2.05) is 0 Å². The molecule has 2 bridgehead atoms. The molecule has 106 valence electrons. The Morgan fingerprint density at radius 3 is 2.44 bits per heavy atom. The van der Waals surface area contributed by atoms with Crippen molar-refractivity contribution in [1.82, 2.24) is 4.90 Å². The fraction of sp³-hybridized carbons (Fsp3) is 1.00. The molecule has 2 aliphatic carbocycles. The first kappa shape index (κ1) is 14.3. The Kier molecular flexibility index (Phi) is 5.97. The van der Waals surface area contributed by atoms with Gasteiger partial charge in [-0.1, -0.05) is 25.7 Å². The Morgan fingerprint density at radius 2 is 1.78 bits per heavy atom. The molecule has 2 heteroatoms. The minimum atomic E-state index is 0.865. The molecule has 0 aromatic rings. The summed E-state index contributed by atoms with van der Waals surface area (Å²) in [5.41, 5.74) is 5.50. The highest BCUT2D eigenvalue weighted by Crippen LogP contribution is 2.48. The van der Waals surface area contributed by atoms with Crippen LogP contribution in [-0.2, 0) is 0 Å². The lowest BCUT2D eigenvalue weighted by atomic mass is 9.88. The van der Waals surface area contributed by atoms with Gasteiger partial charge in [-0.25, -0.2) is 0 Å². The second-order valence-electron chi connectivity index (χ2n) is 6.75. The van der Waals surface area contributed by atoms with Crippen LogP contribution in [0.15, 0.2) is 0 Å². The summed E-state index contributed by atoms with van der Waals surface area (Å²) in [5.74, 6) is 3.22. The van der Waals surface area contributed by atoms with Crippen LogP contribution in [0.25, 0.3) is 0 Å². The lowest BCUT2D eigenvalue weighted by Crippen LogP contribution is -2.29. The van der Waals surface area contributed by atoms with E-state index in [0.29, 0.717) is 0 Å². The molecule has 2 N–H and O–H groups in total. The van der Waals surface area contributed by atoms with Crippen molar-refractivity contribution in [2.45, 2.75) is 57.8 Å². The van der Waals surface area contributed by atoms with Crippen molar-refractivity contribution >= 4 is 0 Å². The molecule has 0 aliphatic heterocycles. The first-order valence-corrected chi connectivity index (χ1v) is 8.18. The average molecular weight is 252 g/mol. The SMILES string of the molecule is CN(CCCCCCCN)CC1CC2CCC1C2. The fourth-order valence-corrected chi connectivity index (χ4v) is 4.15. The monoisotopic (exact) mass is 252 g/mol. The molecular formula is C16H32N2. The van der Waals surface area contributed by atoms with Gasteiger partial charge >= 0.3 is 0 Å². The molecule has 0 saturated heterocycles. The summed E-state index contributed by atoms with van der Waals surface area (Å²) in [7, 11) is 2.33. The van der Waals surface area contributed by atoms with Crippen LogP contribution in [0.5, 0.6) is 0 Å². The van der Waals surface area contributed by atoms with Crippen LogP contribution in [-0.4, -0.2) is 31.6 Å². The van der Waals surface area contributed by atoms with Crippen LogP contribution in [0.1, 0.15) is 57.8 Å². The van der Waals surface area contributed by atoms with E-state index in [0.717, 1.165) is 24.3 Å². The molecule has 0 aromatic carbocycles. The van der Waals surface area contributed by atoms with Gasteiger partial charge in [0.1, 0.15) is 0 Å². The number of hydrogen-bond acceptors (Lipinski definition) is 2. The third-order valence-electron chi connectivity index (χ3n) is 5.17. The second-order valence-corrected chi connectivity index (χ2v) is 6.75. The number of nitrogens with two attached hydrogens (primary N) is 1. The molecule has 0 heterocycles. The Hall–Kier alpha value is -0.0800. The number of fused-ring (bicyclic) bond motifs is 2. The molecule has 0 amide bonds. The molecule has 3 atom stereocenters. The zero-order valence-electron chi connectivity index (χ0n) is 12.2. The van der Waals surface area contributed by atoms with Gasteiger partial charge in [0, 0.05) is 6.54 Å².